The van der Waals surface area contributed by atoms with Gasteiger partial charge in [-0.2, -0.15) is 31.0 Å². The van der Waals surface area contributed by atoms with Gasteiger partial charge >= 0.3 is 6.18 Å². The fraction of sp³-hybridized carbons (Fsp3) is 0.385. The quantitative estimate of drug-likeness (QED) is 0.503. The van der Waals surface area contributed by atoms with Crippen LogP contribution < -0.4 is 4.90 Å². The molecule has 0 saturated carbocycles. The molecule has 1 atom stereocenters. The predicted octanol–water partition coefficient (Wildman–Crippen LogP) is 3.82. The average Bonchev–Trinajstić information content (AvgIpc) is 2.92. The second-order valence-corrected chi connectivity index (χ2v) is 11.5. The number of halogens is 3. The van der Waals surface area contributed by atoms with Crippen molar-refractivity contribution in [3.63, 3.8) is 0 Å². The van der Waals surface area contributed by atoms with Gasteiger partial charge in [0.15, 0.2) is 0 Å². The van der Waals surface area contributed by atoms with Crippen molar-refractivity contribution in [3.8, 4) is 5.75 Å². The molecule has 0 unspecified atom stereocenters. The Balaban J connectivity index is 0.00000353. The topological polar surface area (TPSA) is 94.0 Å². The van der Waals surface area contributed by atoms with Crippen LogP contribution in [0.4, 0.5) is 18.9 Å². The first-order valence-electron chi connectivity index (χ1n) is 12.3. The standard InChI is InChI=1S/C26H27F3N4O4S.H2S/c27-26(28,29)24-16-23(21-5-1-2-6-22(21)30-24)31-12-14-32(15-13-31)25(35)18-4-3-11-33(17-18)38(36,37)20-9-7-19(34)8-10-20;/h1-2,5-10,16,18,34H,3-4,11-15,17H2;1H2/t18-;/m0./s1. The number of aromatic hydroxyl groups is 1. The van der Waals surface area contributed by atoms with E-state index < -0.39 is 27.8 Å². The molecule has 2 aliphatic rings. The van der Waals surface area contributed by atoms with E-state index in [9.17, 15) is 31.5 Å². The van der Waals surface area contributed by atoms with Crippen molar-refractivity contribution in [2.75, 3.05) is 44.2 Å². The molecule has 8 nitrogen and oxygen atoms in total. The zero-order valence-electron chi connectivity index (χ0n) is 20.9. The summed E-state index contributed by atoms with van der Waals surface area (Å²) < 4.78 is 67.9. The van der Waals surface area contributed by atoms with Gasteiger partial charge in [0.25, 0.3) is 0 Å². The molecule has 3 heterocycles. The zero-order valence-corrected chi connectivity index (χ0v) is 22.7. The predicted molar refractivity (Wildman–Crippen MR) is 146 cm³/mol. The lowest BCUT2D eigenvalue weighted by atomic mass is 9.97. The molecule has 1 aromatic heterocycles. The Morgan fingerprint density at radius 3 is 2.31 bits per heavy atom. The number of carbonyl (C=O) groups is 1. The van der Waals surface area contributed by atoms with Gasteiger partial charge in [-0.3, -0.25) is 4.79 Å². The molecule has 5 rings (SSSR count). The number of nitrogens with zero attached hydrogens (tertiary/aromatic N) is 4. The van der Waals surface area contributed by atoms with Gasteiger partial charge < -0.3 is 14.9 Å². The Kier molecular flexibility index (Phi) is 8.33. The number of alkyl halides is 3. The van der Waals surface area contributed by atoms with Crippen molar-refractivity contribution < 1.29 is 31.5 Å². The first-order chi connectivity index (χ1) is 18.0. The molecule has 0 radical (unpaired) electrons. The van der Waals surface area contributed by atoms with Gasteiger partial charge in [0.1, 0.15) is 11.4 Å². The number of anilines is 1. The molecule has 2 aromatic carbocycles. The molecular formula is C26H29F3N4O4S2. The number of hydrogen-bond donors (Lipinski definition) is 1. The van der Waals surface area contributed by atoms with Crippen LogP contribution in [-0.2, 0) is 21.0 Å². The molecule has 0 bridgehead atoms. The minimum absolute atomic E-state index is 0. The Morgan fingerprint density at radius 1 is 0.974 bits per heavy atom. The molecule has 0 aliphatic carbocycles. The minimum atomic E-state index is -4.58. The Bertz CT molecular complexity index is 1440. The molecule has 2 aliphatic heterocycles. The third kappa shape index (κ3) is 5.94. The van der Waals surface area contributed by atoms with Crippen molar-refractivity contribution in [3.05, 3.63) is 60.3 Å². The van der Waals surface area contributed by atoms with E-state index in [0.717, 1.165) is 6.07 Å². The van der Waals surface area contributed by atoms with Gasteiger partial charge in [-0.25, -0.2) is 13.4 Å². The summed E-state index contributed by atoms with van der Waals surface area (Å²) in [5, 5.41) is 10.1. The smallest absolute Gasteiger partial charge is 0.433 e. The third-order valence-corrected chi connectivity index (χ3v) is 9.00. The molecule has 2 saturated heterocycles. The van der Waals surface area contributed by atoms with Crippen LogP contribution in [0.2, 0.25) is 0 Å². The lowest BCUT2D eigenvalue weighted by molar-refractivity contribution is -0.141. The number of amides is 1. The van der Waals surface area contributed by atoms with Crippen LogP contribution in [-0.4, -0.2) is 72.9 Å². The highest BCUT2D eigenvalue weighted by Gasteiger charge is 2.37. The molecule has 3 aromatic rings. The van der Waals surface area contributed by atoms with Crippen LogP contribution in [0.15, 0.2) is 59.5 Å². The van der Waals surface area contributed by atoms with Crippen LogP contribution in [0.25, 0.3) is 10.9 Å². The summed E-state index contributed by atoms with van der Waals surface area (Å²) >= 11 is 0. The molecular weight excluding hydrogens is 553 g/mol. The van der Waals surface area contributed by atoms with Crippen LogP contribution in [0.5, 0.6) is 5.75 Å². The van der Waals surface area contributed by atoms with Crippen molar-refractivity contribution in [2.24, 2.45) is 5.92 Å². The largest absolute Gasteiger partial charge is 0.508 e. The van der Waals surface area contributed by atoms with E-state index in [1.807, 2.05) is 4.90 Å². The number of hydrogen-bond acceptors (Lipinski definition) is 6. The summed E-state index contributed by atoms with van der Waals surface area (Å²) in [6.07, 6.45) is -3.48. The molecule has 1 N–H and O–H groups in total. The maximum absolute atomic E-state index is 13.5. The maximum Gasteiger partial charge on any atom is 0.433 e. The highest BCUT2D eigenvalue weighted by molar-refractivity contribution is 7.89. The molecule has 0 spiro atoms. The van der Waals surface area contributed by atoms with E-state index in [1.54, 1.807) is 29.2 Å². The van der Waals surface area contributed by atoms with Gasteiger partial charge in [0, 0.05) is 50.3 Å². The SMILES string of the molecule is O=C([C@H]1CCCN(S(=O)(=O)c2ccc(O)cc2)C1)N1CCN(c2cc(C(F)(F)F)nc3ccccc23)CC1.S. The second-order valence-electron chi connectivity index (χ2n) is 9.55. The first-order valence-corrected chi connectivity index (χ1v) is 13.8. The van der Waals surface area contributed by atoms with Crippen LogP contribution in [0, 0.1) is 5.92 Å². The highest BCUT2D eigenvalue weighted by atomic mass is 32.2. The number of fused-ring (bicyclic) bond motifs is 1. The molecule has 39 heavy (non-hydrogen) atoms. The molecule has 13 heteroatoms. The van der Waals surface area contributed by atoms with Crippen molar-refractivity contribution in [1.82, 2.24) is 14.2 Å². The summed E-state index contributed by atoms with van der Waals surface area (Å²) in [5.74, 6) is -0.684. The minimum Gasteiger partial charge on any atom is -0.508 e. The number of carbonyl (C=O) groups excluding carboxylic acids is 1. The Morgan fingerprint density at radius 2 is 1.64 bits per heavy atom. The summed E-state index contributed by atoms with van der Waals surface area (Å²) in [4.78, 5) is 20.7. The van der Waals surface area contributed by atoms with Gasteiger partial charge in [0.2, 0.25) is 15.9 Å². The number of phenols is 1. The fourth-order valence-electron chi connectivity index (χ4n) is 5.12. The zero-order chi connectivity index (χ0) is 27.1. The summed E-state index contributed by atoms with van der Waals surface area (Å²) in [6.45, 7) is 1.69. The van der Waals surface area contributed by atoms with Gasteiger partial charge in [-0.15, -0.1) is 0 Å². The van der Waals surface area contributed by atoms with Crippen molar-refractivity contribution in [2.45, 2.75) is 23.9 Å². The van der Waals surface area contributed by atoms with E-state index in [4.69, 9.17) is 0 Å². The van der Waals surface area contributed by atoms with E-state index in [-0.39, 0.29) is 42.1 Å². The highest BCUT2D eigenvalue weighted by Crippen LogP contribution is 2.35. The van der Waals surface area contributed by atoms with Crippen LogP contribution in [0.3, 0.4) is 0 Å². The van der Waals surface area contributed by atoms with E-state index in [2.05, 4.69) is 4.98 Å². The Hall–Kier alpha value is -3.03. The number of piperazine rings is 1. The van der Waals surface area contributed by atoms with Gasteiger partial charge in [-0.1, -0.05) is 18.2 Å². The van der Waals surface area contributed by atoms with Gasteiger partial charge in [-0.05, 0) is 49.2 Å². The van der Waals surface area contributed by atoms with Crippen molar-refractivity contribution in [1.29, 1.82) is 0 Å². The summed E-state index contributed by atoms with van der Waals surface area (Å²) in [7, 11) is -3.81. The average molecular weight is 583 g/mol. The number of aromatic nitrogens is 1. The second kappa shape index (κ2) is 11.2. The normalized spacial score (nSPS) is 19.1. The van der Waals surface area contributed by atoms with E-state index in [1.165, 1.54) is 28.6 Å². The fourth-order valence-corrected chi connectivity index (χ4v) is 6.64. The van der Waals surface area contributed by atoms with Crippen LogP contribution in [0.1, 0.15) is 18.5 Å². The lowest BCUT2D eigenvalue weighted by Gasteiger charge is -2.39. The van der Waals surface area contributed by atoms with Crippen molar-refractivity contribution >= 4 is 46.0 Å². The monoisotopic (exact) mass is 582 g/mol. The molecule has 1 amide bonds. The van der Waals surface area contributed by atoms with E-state index >= 15 is 0 Å². The van der Waals surface area contributed by atoms with E-state index in [0.29, 0.717) is 56.6 Å². The molecule has 210 valence electrons. The Labute approximate surface area is 231 Å². The number of pyridine rings is 1. The lowest BCUT2D eigenvalue weighted by Crippen LogP contribution is -2.53. The maximum atomic E-state index is 13.5. The number of benzene rings is 2. The molecule has 2 fully saturated rings. The summed E-state index contributed by atoms with van der Waals surface area (Å²) in [5.41, 5.74) is -0.270. The third-order valence-electron chi connectivity index (χ3n) is 7.12. The number of para-hydroxylation sites is 1. The number of rotatable bonds is 4. The number of sulfonamides is 1. The van der Waals surface area contributed by atoms with Crippen LogP contribution >= 0.6 is 13.5 Å². The number of phenolic OH excluding ortho intramolecular Hbond substituents is 1. The van der Waals surface area contributed by atoms with Gasteiger partial charge in [0.05, 0.1) is 16.3 Å². The number of piperidine rings is 1. The summed E-state index contributed by atoms with van der Waals surface area (Å²) in [6, 6.07) is 13.0. The first kappa shape index (κ1) is 29.0.